The fourth-order valence-corrected chi connectivity index (χ4v) is 2.94. The molecule has 2 fully saturated rings. The molecule has 0 spiro atoms. The van der Waals surface area contributed by atoms with E-state index in [2.05, 4.69) is 11.8 Å². The lowest BCUT2D eigenvalue weighted by molar-refractivity contribution is 0.100. The largest absolute Gasteiger partial charge is 0.396 e. The normalized spacial score (nSPS) is 36.5. The van der Waals surface area contributed by atoms with Crippen LogP contribution in [-0.2, 0) is 0 Å². The average Bonchev–Trinajstić information content (AvgIpc) is 2.41. The Bertz CT molecular complexity index is 155. The lowest BCUT2D eigenvalue weighted by atomic mass is 10.0. The second kappa shape index (κ2) is 3.97. The van der Waals surface area contributed by atoms with Crippen molar-refractivity contribution in [3.05, 3.63) is 0 Å². The predicted molar refractivity (Wildman–Crippen MR) is 53.6 cm³/mol. The maximum atomic E-state index is 9.03. The minimum atomic E-state index is 0.343. The highest BCUT2D eigenvalue weighted by Gasteiger charge is 2.36. The first kappa shape index (κ1) is 9.47. The van der Waals surface area contributed by atoms with Gasteiger partial charge < -0.3 is 5.11 Å². The van der Waals surface area contributed by atoms with Crippen LogP contribution < -0.4 is 0 Å². The Morgan fingerprint density at radius 3 is 2.38 bits per heavy atom. The van der Waals surface area contributed by atoms with E-state index in [-0.39, 0.29) is 0 Å². The standard InChI is InChI=1S/C11H21NO/c1-9(8-13)7-12-10-3-2-4-11(12)6-5-10/h9-11,13H,2-8H2,1H3. The fourth-order valence-electron chi connectivity index (χ4n) is 2.94. The first-order valence-corrected chi connectivity index (χ1v) is 5.68. The highest BCUT2D eigenvalue weighted by atomic mass is 16.3. The Labute approximate surface area is 80.9 Å². The van der Waals surface area contributed by atoms with Crippen LogP contribution in [0.25, 0.3) is 0 Å². The van der Waals surface area contributed by atoms with Crippen LogP contribution in [-0.4, -0.2) is 35.2 Å². The summed E-state index contributed by atoms with van der Waals surface area (Å²) in [4.78, 5) is 2.66. The molecule has 0 amide bonds. The smallest absolute Gasteiger partial charge is 0.0468 e. The third-order valence-corrected chi connectivity index (χ3v) is 3.68. The fraction of sp³-hybridized carbons (Fsp3) is 1.00. The number of hydrogen-bond acceptors (Lipinski definition) is 2. The molecule has 2 rings (SSSR count). The molecule has 0 saturated carbocycles. The molecule has 13 heavy (non-hydrogen) atoms. The zero-order valence-corrected chi connectivity index (χ0v) is 8.58. The van der Waals surface area contributed by atoms with Gasteiger partial charge in [0, 0.05) is 25.2 Å². The lowest BCUT2D eigenvalue weighted by Gasteiger charge is -2.36. The van der Waals surface area contributed by atoms with Gasteiger partial charge in [0.15, 0.2) is 0 Å². The van der Waals surface area contributed by atoms with E-state index in [1.54, 1.807) is 0 Å². The van der Waals surface area contributed by atoms with Crippen LogP contribution in [0.3, 0.4) is 0 Å². The molecule has 2 aliphatic heterocycles. The minimum absolute atomic E-state index is 0.343. The van der Waals surface area contributed by atoms with E-state index in [9.17, 15) is 0 Å². The molecule has 0 aromatic rings. The van der Waals surface area contributed by atoms with Crippen LogP contribution in [0.2, 0.25) is 0 Å². The van der Waals surface area contributed by atoms with Crippen LogP contribution in [0.4, 0.5) is 0 Å². The van der Waals surface area contributed by atoms with Gasteiger partial charge in [0.25, 0.3) is 0 Å². The molecule has 76 valence electrons. The SMILES string of the molecule is CC(CO)CN1C2CCCC1CC2. The van der Waals surface area contributed by atoms with Gasteiger partial charge in [-0.2, -0.15) is 0 Å². The number of piperidine rings is 1. The van der Waals surface area contributed by atoms with E-state index in [1.807, 2.05) is 0 Å². The van der Waals surface area contributed by atoms with Gasteiger partial charge in [0.1, 0.15) is 0 Å². The van der Waals surface area contributed by atoms with Crippen LogP contribution in [0.5, 0.6) is 0 Å². The Morgan fingerprint density at radius 2 is 1.85 bits per heavy atom. The maximum absolute atomic E-state index is 9.03. The van der Waals surface area contributed by atoms with Crippen LogP contribution in [0.1, 0.15) is 39.0 Å². The summed E-state index contributed by atoms with van der Waals surface area (Å²) >= 11 is 0. The molecule has 1 N–H and O–H groups in total. The Hall–Kier alpha value is -0.0800. The number of aliphatic hydroxyl groups excluding tert-OH is 1. The van der Waals surface area contributed by atoms with Crippen molar-refractivity contribution in [3.8, 4) is 0 Å². The molecule has 0 aliphatic carbocycles. The Morgan fingerprint density at radius 1 is 1.23 bits per heavy atom. The second-order valence-electron chi connectivity index (χ2n) is 4.80. The molecule has 3 atom stereocenters. The van der Waals surface area contributed by atoms with E-state index < -0.39 is 0 Å². The molecule has 2 heteroatoms. The molecule has 2 saturated heterocycles. The predicted octanol–water partition coefficient (Wildman–Crippen LogP) is 1.63. The lowest BCUT2D eigenvalue weighted by Crippen LogP contribution is -2.42. The second-order valence-corrected chi connectivity index (χ2v) is 4.80. The van der Waals surface area contributed by atoms with Gasteiger partial charge >= 0.3 is 0 Å². The number of fused-ring (bicyclic) bond motifs is 2. The Kier molecular flexibility index (Phi) is 2.89. The highest BCUT2D eigenvalue weighted by molar-refractivity contribution is 4.92. The molecule has 2 bridgehead atoms. The summed E-state index contributed by atoms with van der Waals surface area (Å²) in [5, 5.41) is 9.03. The first-order chi connectivity index (χ1) is 6.31. The monoisotopic (exact) mass is 183 g/mol. The molecule has 0 radical (unpaired) electrons. The maximum Gasteiger partial charge on any atom is 0.0468 e. The zero-order valence-electron chi connectivity index (χ0n) is 8.58. The van der Waals surface area contributed by atoms with Gasteiger partial charge in [-0.05, 0) is 31.6 Å². The van der Waals surface area contributed by atoms with Crippen molar-refractivity contribution < 1.29 is 5.11 Å². The molecule has 0 aromatic carbocycles. The van der Waals surface area contributed by atoms with Gasteiger partial charge in [-0.15, -0.1) is 0 Å². The molecular formula is C11H21NO. The quantitative estimate of drug-likeness (QED) is 0.719. The average molecular weight is 183 g/mol. The third kappa shape index (κ3) is 1.89. The van der Waals surface area contributed by atoms with E-state index in [1.165, 1.54) is 32.1 Å². The van der Waals surface area contributed by atoms with Gasteiger partial charge in [-0.1, -0.05) is 13.3 Å². The summed E-state index contributed by atoms with van der Waals surface area (Å²) in [5.41, 5.74) is 0. The summed E-state index contributed by atoms with van der Waals surface area (Å²) in [6.07, 6.45) is 7.04. The summed E-state index contributed by atoms with van der Waals surface area (Å²) in [6.45, 7) is 3.61. The van der Waals surface area contributed by atoms with Crippen LogP contribution in [0, 0.1) is 5.92 Å². The van der Waals surface area contributed by atoms with Crippen molar-refractivity contribution in [3.63, 3.8) is 0 Å². The van der Waals surface area contributed by atoms with Gasteiger partial charge in [0.2, 0.25) is 0 Å². The first-order valence-electron chi connectivity index (χ1n) is 5.68. The van der Waals surface area contributed by atoms with Gasteiger partial charge in [0.05, 0.1) is 0 Å². The molecular weight excluding hydrogens is 162 g/mol. The summed E-state index contributed by atoms with van der Waals surface area (Å²) in [5.74, 6) is 0.459. The third-order valence-electron chi connectivity index (χ3n) is 3.68. The zero-order chi connectivity index (χ0) is 9.26. The molecule has 2 heterocycles. The van der Waals surface area contributed by atoms with Crippen molar-refractivity contribution in [2.75, 3.05) is 13.2 Å². The molecule has 2 nitrogen and oxygen atoms in total. The summed E-state index contributed by atoms with van der Waals surface area (Å²) in [6, 6.07) is 1.71. The van der Waals surface area contributed by atoms with E-state index in [4.69, 9.17) is 5.11 Å². The minimum Gasteiger partial charge on any atom is -0.396 e. The molecule has 3 unspecified atom stereocenters. The van der Waals surface area contributed by atoms with Crippen molar-refractivity contribution >= 4 is 0 Å². The van der Waals surface area contributed by atoms with E-state index in [0.29, 0.717) is 12.5 Å². The van der Waals surface area contributed by atoms with Crippen molar-refractivity contribution in [2.24, 2.45) is 5.92 Å². The van der Waals surface area contributed by atoms with Crippen molar-refractivity contribution in [1.82, 2.24) is 4.90 Å². The summed E-state index contributed by atoms with van der Waals surface area (Å²) < 4.78 is 0. The van der Waals surface area contributed by atoms with Gasteiger partial charge in [-0.25, -0.2) is 0 Å². The highest BCUT2D eigenvalue weighted by Crippen LogP contribution is 2.35. The number of rotatable bonds is 3. The molecule has 0 aromatic heterocycles. The summed E-state index contributed by atoms with van der Waals surface area (Å²) in [7, 11) is 0. The van der Waals surface area contributed by atoms with Crippen molar-refractivity contribution in [1.29, 1.82) is 0 Å². The topological polar surface area (TPSA) is 23.5 Å². The van der Waals surface area contributed by atoms with Crippen LogP contribution in [0.15, 0.2) is 0 Å². The number of aliphatic hydroxyl groups is 1. The Balaban J connectivity index is 1.91. The van der Waals surface area contributed by atoms with Crippen LogP contribution >= 0.6 is 0 Å². The van der Waals surface area contributed by atoms with Gasteiger partial charge in [-0.3, -0.25) is 4.90 Å². The number of nitrogens with zero attached hydrogens (tertiary/aromatic N) is 1. The van der Waals surface area contributed by atoms with Crippen molar-refractivity contribution in [2.45, 2.75) is 51.1 Å². The van der Waals surface area contributed by atoms with E-state index >= 15 is 0 Å². The molecule has 2 aliphatic rings. The number of hydrogen-bond donors (Lipinski definition) is 1. The van der Waals surface area contributed by atoms with E-state index in [0.717, 1.165) is 18.6 Å².